The number of allylic oxidation sites excluding steroid dienone is 2. The zero-order chi connectivity index (χ0) is 55.8. The third-order valence-corrected chi connectivity index (χ3v) is 15.8. The first-order chi connectivity index (χ1) is 37.6. The molecule has 0 saturated carbocycles. The average molecular weight is 1100 g/mol. The number of aliphatic hydroxyl groups is 7. The van der Waals surface area contributed by atoms with E-state index in [2.05, 4.69) is 26.0 Å². The van der Waals surface area contributed by atoms with Gasteiger partial charge in [0.25, 0.3) is 0 Å². The highest BCUT2D eigenvalue weighted by Crippen LogP contribution is 2.27. The van der Waals surface area contributed by atoms with Crippen molar-refractivity contribution in [2.75, 3.05) is 33.0 Å². The SMILES string of the molecule is CCCCCCCC/C=C\CCCCCCCCCCCCOCC(COC1OC(COC2OC(CO)C(O)C(O)C2O)C(O)C(O)C1O)OC(=O)CCCCCCCCCCCCCCCCCCCCCCCCC. The number of rotatable bonds is 54. The Hall–Kier alpha value is -1.27. The smallest absolute Gasteiger partial charge is 0.306 e. The Labute approximate surface area is 469 Å². The van der Waals surface area contributed by atoms with E-state index in [1.165, 1.54) is 218 Å². The van der Waals surface area contributed by atoms with Crippen LogP contribution in [0.15, 0.2) is 12.2 Å². The van der Waals surface area contributed by atoms with Crippen LogP contribution in [0, 0.1) is 0 Å². The average Bonchev–Trinajstić information content (AvgIpc) is 3.43. The van der Waals surface area contributed by atoms with Crippen LogP contribution in [-0.4, -0.2) is 142 Å². The summed E-state index contributed by atoms with van der Waals surface area (Å²) in [6.07, 6.45) is 41.3. The van der Waals surface area contributed by atoms with Crippen LogP contribution in [0.4, 0.5) is 0 Å². The monoisotopic (exact) mass is 1100 g/mol. The summed E-state index contributed by atoms with van der Waals surface area (Å²) in [5, 5.41) is 72.5. The maximum atomic E-state index is 13.1. The van der Waals surface area contributed by atoms with Gasteiger partial charge in [-0.05, 0) is 38.5 Å². The Morgan fingerprint density at radius 1 is 0.416 bits per heavy atom. The molecule has 0 radical (unpaired) electrons. The Kier molecular flexibility index (Phi) is 47.1. The summed E-state index contributed by atoms with van der Waals surface area (Å²) in [6, 6.07) is 0. The van der Waals surface area contributed by atoms with Crippen molar-refractivity contribution >= 4 is 5.97 Å². The van der Waals surface area contributed by atoms with E-state index in [0.717, 1.165) is 38.5 Å². The van der Waals surface area contributed by atoms with Crippen LogP contribution in [-0.2, 0) is 33.2 Å². The van der Waals surface area contributed by atoms with Crippen molar-refractivity contribution in [3.05, 3.63) is 12.2 Å². The molecule has 7 N–H and O–H groups in total. The third-order valence-electron chi connectivity index (χ3n) is 15.8. The number of aliphatic hydroxyl groups excluding tert-OH is 7. The van der Waals surface area contributed by atoms with Gasteiger partial charge in [-0.1, -0.05) is 251 Å². The van der Waals surface area contributed by atoms with Crippen molar-refractivity contribution in [2.24, 2.45) is 0 Å². The van der Waals surface area contributed by atoms with Crippen LogP contribution in [0.3, 0.4) is 0 Å². The van der Waals surface area contributed by atoms with Gasteiger partial charge in [-0.3, -0.25) is 4.79 Å². The fourth-order valence-corrected chi connectivity index (χ4v) is 10.6. The number of hydrogen-bond donors (Lipinski definition) is 7. The van der Waals surface area contributed by atoms with Crippen LogP contribution < -0.4 is 0 Å². The van der Waals surface area contributed by atoms with E-state index in [4.69, 9.17) is 28.4 Å². The number of carbonyl (C=O) groups excluding carboxylic acids is 1. The molecule has 0 spiro atoms. The zero-order valence-corrected chi connectivity index (χ0v) is 49.2. The Bertz CT molecular complexity index is 1320. The Morgan fingerprint density at radius 3 is 1.18 bits per heavy atom. The molecule has 0 aliphatic carbocycles. The molecule has 2 aliphatic rings. The van der Waals surface area contributed by atoms with Crippen molar-refractivity contribution in [3.8, 4) is 0 Å². The summed E-state index contributed by atoms with van der Waals surface area (Å²) in [5.74, 6) is -0.368. The van der Waals surface area contributed by atoms with Crippen LogP contribution in [0.1, 0.15) is 284 Å². The Morgan fingerprint density at radius 2 is 0.766 bits per heavy atom. The predicted molar refractivity (Wildman–Crippen MR) is 307 cm³/mol. The van der Waals surface area contributed by atoms with Crippen LogP contribution in [0.5, 0.6) is 0 Å². The second-order valence-electron chi connectivity index (χ2n) is 22.9. The highest BCUT2D eigenvalue weighted by atomic mass is 16.7. The fourth-order valence-electron chi connectivity index (χ4n) is 10.6. The molecule has 0 bridgehead atoms. The molecule has 0 aromatic rings. The minimum atomic E-state index is -1.70. The standard InChI is InChI=1S/C63H120O14/c1-3-5-7-9-11-13-15-17-19-21-23-25-26-27-28-30-32-34-36-38-40-42-44-46-55(65)75-52(49-72-47-45-43-41-39-37-35-33-31-29-24-22-20-18-16-14-12-10-8-6-4-2)50-73-62-61(71)59(69)57(67)54(77-62)51-74-63-60(70)58(68)56(66)53(48-64)76-63/h18,20,52-54,56-64,66-71H,3-17,19,21-51H2,1-2H3/b20-18-. The number of esters is 1. The molecule has 456 valence electrons. The van der Waals surface area contributed by atoms with Gasteiger partial charge in [-0.15, -0.1) is 0 Å². The molecule has 0 amide bonds. The van der Waals surface area contributed by atoms with Gasteiger partial charge in [0.1, 0.15) is 54.9 Å². The van der Waals surface area contributed by atoms with Gasteiger partial charge in [0.15, 0.2) is 12.6 Å². The van der Waals surface area contributed by atoms with Gasteiger partial charge < -0.3 is 64.2 Å². The molecule has 2 saturated heterocycles. The van der Waals surface area contributed by atoms with E-state index in [1.54, 1.807) is 0 Å². The van der Waals surface area contributed by atoms with Gasteiger partial charge in [0.2, 0.25) is 0 Å². The van der Waals surface area contributed by atoms with Crippen molar-refractivity contribution < 1.29 is 69.0 Å². The van der Waals surface area contributed by atoms with Crippen molar-refractivity contribution in [2.45, 2.75) is 351 Å². The molecular formula is C63H120O14. The van der Waals surface area contributed by atoms with E-state index in [1.807, 2.05) is 0 Å². The number of ether oxygens (including phenoxy) is 6. The van der Waals surface area contributed by atoms with Gasteiger partial charge in [-0.25, -0.2) is 0 Å². The van der Waals surface area contributed by atoms with Crippen molar-refractivity contribution in [1.82, 2.24) is 0 Å². The maximum absolute atomic E-state index is 13.1. The lowest BCUT2D eigenvalue weighted by molar-refractivity contribution is -0.332. The minimum Gasteiger partial charge on any atom is -0.457 e. The molecular weight excluding hydrogens is 981 g/mol. The van der Waals surface area contributed by atoms with E-state index in [9.17, 15) is 40.5 Å². The molecule has 2 heterocycles. The summed E-state index contributed by atoms with van der Waals surface area (Å²) in [6.45, 7) is 3.76. The molecule has 2 fully saturated rings. The van der Waals surface area contributed by atoms with Crippen molar-refractivity contribution in [3.63, 3.8) is 0 Å². The summed E-state index contributed by atoms with van der Waals surface area (Å²) >= 11 is 0. The molecule has 0 aromatic carbocycles. The number of carbonyl (C=O) groups is 1. The van der Waals surface area contributed by atoms with Gasteiger partial charge >= 0.3 is 5.97 Å². The summed E-state index contributed by atoms with van der Waals surface area (Å²) < 4.78 is 34.5. The molecule has 0 aromatic heterocycles. The van der Waals surface area contributed by atoms with Crippen LogP contribution in [0.25, 0.3) is 0 Å². The molecule has 11 unspecified atom stereocenters. The van der Waals surface area contributed by atoms with Crippen molar-refractivity contribution in [1.29, 1.82) is 0 Å². The van der Waals surface area contributed by atoms with E-state index in [0.29, 0.717) is 13.0 Å². The lowest BCUT2D eigenvalue weighted by Crippen LogP contribution is -2.61. The van der Waals surface area contributed by atoms with E-state index >= 15 is 0 Å². The first kappa shape index (κ1) is 71.8. The lowest BCUT2D eigenvalue weighted by Gasteiger charge is -2.42. The van der Waals surface area contributed by atoms with Crippen LogP contribution >= 0.6 is 0 Å². The molecule has 2 aliphatic heterocycles. The second-order valence-corrected chi connectivity index (χ2v) is 22.9. The number of hydrogen-bond acceptors (Lipinski definition) is 14. The normalized spacial score (nSPS) is 24.3. The largest absolute Gasteiger partial charge is 0.457 e. The molecule has 14 heteroatoms. The summed E-state index contributed by atoms with van der Waals surface area (Å²) in [5.41, 5.74) is 0. The first-order valence-corrected chi connectivity index (χ1v) is 32.3. The molecule has 11 atom stereocenters. The minimum absolute atomic E-state index is 0.0672. The predicted octanol–water partition coefficient (Wildman–Crippen LogP) is 12.5. The fraction of sp³-hybridized carbons (Fsp3) is 0.952. The van der Waals surface area contributed by atoms with Gasteiger partial charge in [-0.2, -0.15) is 0 Å². The molecule has 77 heavy (non-hydrogen) atoms. The van der Waals surface area contributed by atoms with E-state index < -0.39 is 80.7 Å². The zero-order valence-electron chi connectivity index (χ0n) is 49.2. The highest BCUT2D eigenvalue weighted by molar-refractivity contribution is 5.69. The summed E-state index contributed by atoms with van der Waals surface area (Å²) in [7, 11) is 0. The van der Waals surface area contributed by atoms with E-state index in [-0.39, 0.29) is 25.6 Å². The first-order valence-electron chi connectivity index (χ1n) is 32.3. The van der Waals surface area contributed by atoms with Gasteiger partial charge in [0.05, 0.1) is 26.4 Å². The van der Waals surface area contributed by atoms with Gasteiger partial charge in [0, 0.05) is 13.0 Å². The molecule has 14 nitrogen and oxygen atoms in total. The quantitative estimate of drug-likeness (QED) is 0.0172. The topological polar surface area (TPSA) is 214 Å². The maximum Gasteiger partial charge on any atom is 0.306 e. The third kappa shape index (κ3) is 36.7. The molecule has 2 rings (SSSR count). The summed E-state index contributed by atoms with van der Waals surface area (Å²) in [4.78, 5) is 13.1. The number of unbranched alkanes of at least 4 members (excludes halogenated alkanes) is 38. The van der Waals surface area contributed by atoms with Crippen LogP contribution in [0.2, 0.25) is 0 Å². The second kappa shape index (κ2) is 50.5. The lowest BCUT2D eigenvalue weighted by atomic mass is 9.98. The highest BCUT2D eigenvalue weighted by Gasteiger charge is 2.47. The Balaban J connectivity index is 1.66.